The van der Waals surface area contributed by atoms with E-state index in [4.69, 9.17) is 0 Å². The predicted octanol–water partition coefficient (Wildman–Crippen LogP) is 3.15. The fraction of sp³-hybridized carbons (Fsp3) is 0.375. The summed E-state index contributed by atoms with van der Waals surface area (Å²) in [5.74, 6) is -0.0540. The molecule has 1 aromatic heterocycles. The third-order valence-electron chi connectivity index (χ3n) is 3.66. The molecule has 1 aromatic carbocycles. The van der Waals surface area contributed by atoms with Gasteiger partial charge >= 0.3 is 5.97 Å². The molecule has 0 aliphatic heterocycles. The molecule has 1 heterocycles. The van der Waals surface area contributed by atoms with Crippen molar-refractivity contribution in [2.45, 2.75) is 36.3 Å². The molecule has 1 unspecified atom stereocenters. The van der Waals surface area contributed by atoms with Crippen LogP contribution in [0.1, 0.15) is 30.1 Å². The Kier molecular flexibility index (Phi) is 4.29. The molecular formula is C16H18N2O2S. The number of rotatable bonds is 7. The first kappa shape index (κ1) is 14.2. The highest BCUT2D eigenvalue weighted by atomic mass is 32.2. The van der Waals surface area contributed by atoms with Gasteiger partial charge in [0.2, 0.25) is 0 Å². The van der Waals surface area contributed by atoms with Gasteiger partial charge in [0.1, 0.15) is 5.25 Å². The molecule has 0 saturated heterocycles. The maximum atomic E-state index is 11.5. The summed E-state index contributed by atoms with van der Waals surface area (Å²) in [6.45, 7) is 0. The Morgan fingerprint density at radius 3 is 2.81 bits per heavy atom. The fourth-order valence-electron chi connectivity index (χ4n) is 2.36. The number of aliphatic carboxylic acids is 1. The number of thioether (sulfide) groups is 1. The zero-order valence-electron chi connectivity index (χ0n) is 11.7. The van der Waals surface area contributed by atoms with Gasteiger partial charge < -0.3 is 9.67 Å². The Morgan fingerprint density at radius 1 is 1.38 bits per heavy atom. The lowest BCUT2D eigenvalue weighted by Gasteiger charge is -2.13. The highest BCUT2D eigenvalue weighted by Crippen LogP contribution is 2.36. The number of hydrogen-bond acceptors (Lipinski definition) is 3. The van der Waals surface area contributed by atoms with Crippen molar-refractivity contribution >= 4 is 17.7 Å². The minimum atomic E-state index is -0.749. The largest absolute Gasteiger partial charge is 0.480 e. The van der Waals surface area contributed by atoms with Gasteiger partial charge in [-0.05, 0) is 24.8 Å². The van der Waals surface area contributed by atoms with Gasteiger partial charge in [0.05, 0.1) is 6.33 Å². The van der Waals surface area contributed by atoms with E-state index >= 15 is 0 Å². The average molecular weight is 302 g/mol. The Bertz CT molecular complexity index is 608. The number of nitrogens with zero attached hydrogens (tertiary/aromatic N) is 2. The molecule has 1 saturated carbocycles. The van der Waals surface area contributed by atoms with Crippen LogP contribution in [-0.4, -0.2) is 25.9 Å². The van der Waals surface area contributed by atoms with E-state index < -0.39 is 11.2 Å². The van der Waals surface area contributed by atoms with Crippen LogP contribution in [0.15, 0.2) is 42.9 Å². The number of aromatic nitrogens is 2. The van der Waals surface area contributed by atoms with Crippen LogP contribution in [0.25, 0.3) is 0 Å². The van der Waals surface area contributed by atoms with Crippen molar-refractivity contribution in [2.75, 3.05) is 0 Å². The van der Waals surface area contributed by atoms with E-state index in [0.29, 0.717) is 18.2 Å². The van der Waals surface area contributed by atoms with E-state index in [9.17, 15) is 9.90 Å². The zero-order chi connectivity index (χ0) is 14.7. The number of hydrogen-bond donors (Lipinski definition) is 1. The Labute approximate surface area is 128 Å². The number of carbonyl (C=O) groups is 1. The van der Waals surface area contributed by atoms with E-state index in [2.05, 4.69) is 9.55 Å². The summed E-state index contributed by atoms with van der Waals surface area (Å²) in [6.07, 6.45) is 6.69. The number of carboxylic acid groups (broad SMARTS) is 1. The highest BCUT2D eigenvalue weighted by Gasteiger charge is 2.26. The van der Waals surface area contributed by atoms with Crippen LogP contribution in [0.5, 0.6) is 0 Å². The lowest BCUT2D eigenvalue weighted by atomic mass is 10.1. The van der Waals surface area contributed by atoms with Gasteiger partial charge in [-0.15, -0.1) is 11.8 Å². The van der Waals surface area contributed by atoms with Crippen molar-refractivity contribution in [3.63, 3.8) is 0 Å². The standard InChI is InChI=1S/C16H18N2O2S/c19-16(20)15(8-12-4-2-1-3-5-12)21-10-14-9-17-11-18(14)13-6-7-13/h1-5,9,11,13,15H,6-8,10H2,(H,19,20). The molecule has 2 aromatic rings. The first-order valence-electron chi connectivity index (χ1n) is 7.13. The van der Waals surface area contributed by atoms with Crippen molar-refractivity contribution < 1.29 is 9.90 Å². The third kappa shape index (κ3) is 3.67. The van der Waals surface area contributed by atoms with E-state index in [1.54, 1.807) is 0 Å². The molecule has 4 nitrogen and oxygen atoms in total. The van der Waals surface area contributed by atoms with Gasteiger partial charge in [-0.3, -0.25) is 4.79 Å². The minimum absolute atomic E-state index is 0.421. The maximum absolute atomic E-state index is 11.5. The van der Waals surface area contributed by atoms with Gasteiger partial charge in [-0.25, -0.2) is 4.98 Å². The molecule has 1 aliphatic carbocycles. The minimum Gasteiger partial charge on any atom is -0.480 e. The quantitative estimate of drug-likeness (QED) is 0.853. The van der Waals surface area contributed by atoms with Crippen LogP contribution in [0.3, 0.4) is 0 Å². The normalized spacial score (nSPS) is 15.8. The maximum Gasteiger partial charge on any atom is 0.316 e. The Balaban J connectivity index is 1.62. The molecule has 0 radical (unpaired) electrons. The molecule has 0 spiro atoms. The second-order valence-corrected chi connectivity index (χ2v) is 6.54. The highest BCUT2D eigenvalue weighted by molar-refractivity contribution is 7.99. The smallest absolute Gasteiger partial charge is 0.316 e. The van der Waals surface area contributed by atoms with Gasteiger partial charge in [0, 0.05) is 23.7 Å². The number of imidazole rings is 1. The lowest BCUT2D eigenvalue weighted by Crippen LogP contribution is -2.19. The van der Waals surface area contributed by atoms with Crippen LogP contribution < -0.4 is 0 Å². The predicted molar refractivity (Wildman–Crippen MR) is 83.4 cm³/mol. The topological polar surface area (TPSA) is 55.1 Å². The monoisotopic (exact) mass is 302 g/mol. The first-order chi connectivity index (χ1) is 10.2. The van der Waals surface area contributed by atoms with Crippen molar-refractivity contribution in [3.05, 3.63) is 54.1 Å². The molecule has 21 heavy (non-hydrogen) atoms. The molecule has 5 heteroatoms. The van der Waals surface area contributed by atoms with Gasteiger partial charge in [-0.1, -0.05) is 30.3 Å². The Hall–Kier alpha value is -1.75. The van der Waals surface area contributed by atoms with Crippen molar-refractivity contribution in [1.29, 1.82) is 0 Å². The zero-order valence-corrected chi connectivity index (χ0v) is 12.5. The summed E-state index contributed by atoms with van der Waals surface area (Å²) in [5.41, 5.74) is 2.19. The summed E-state index contributed by atoms with van der Waals surface area (Å²) >= 11 is 1.48. The molecule has 110 valence electrons. The first-order valence-corrected chi connectivity index (χ1v) is 8.18. The second-order valence-electron chi connectivity index (χ2n) is 5.35. The molecule has 3 rings (SSSR count). The fourth-order valence-corrected chi connectivity index (χ4v) is 3.41. The second kappa shape index (κ2) is 6.35. The SMILES string of the molecule is O=C(O)C(Cc1ccccc1)SCc1cncn1C1CC1. The summed E-state index contributed by atoms with van der Waals surface area (Å²) in [7, 11) is 0. The van der Waals surface area contributed by atoms with Gasteiger partial charge in [0.15, 0.2) is 0 Å². The molecule has 1 N–H and O–H groups in total. The van der Waals surface area contributed by atoms with Crippen molar-refractivity contribution in [3.8, 4) is 0 Å². The molecule has 0 bridgehead atoms. The van der Waals surface area contributed by atoms with Gasteiger partial charge in [-0.2, -0.15) is 0 Å². The summed E-state index contributed by atoms with van der Waals surface area (Å²) < 4.78 is 2.19. The van der Waals surface area contributed by atoms with E-state index in [0.717, 1.165) is 11.3 Å². The van der Waals surface area contributed by atoms with Crippen molar-refractivity contribution in [1.82, 2.24) is 9.55 Å². The molecule has 0 amide bonds. The van der Waals surface area contributed by atoms with Crippen molar-refractivity contribution in [2.24, 2.45) is 0 Å². The molecular weight excluding hydrogens is 284 g/mol. The van der Waals surface area contributed by atoms with E-state index in [-0.39, 0.29) is 0 Å². The van der Waals surface area contributed by atoms with Crippen LogP contribution in [-0.2, 0) is 17.0 Å². The Morgan fingerprint density at radius 2 is 2.14 bits per heavy atom. The van der Waals surface area contributed by atoms with Gasteiger partial charge in [0.25, 0.3) is 0 Å². The summed E-state index contributed by atoms with van der Waals surface area (Å²) in [4.78, 5) is 15.6. The average Bonchev–Trinajstić information content (AvgIpc) is 3.23. The molecule has 1 atom stereocenters. The lowest BCUT2D eigenvalue weighted by molar-refractivity contribution is -0.136. The number of carboxylic acids is 1. The van der Waals surface area contributed by atoms with E-state index in [1.807, 2.05) is 42.9 Å². The summed E-state index contributed by atoms with van der Waals surface area (Å²) in [6, 6.07) is 10.4. The third-order valence-corrected chi connectivity index (χ3v) is 4.89. The van der Waals surface area contributed by atoms with Crippen LogP contribution in [0.4, 0.5) is 0 Å². The van der Waals surface area contributed by atoms with Crippen LogP contribution in [0.2, 0.25) is 0 Å². The molecule has 1 fully saturated rings. The van der Waals surface area contributed by atoms with Crippen LogP contribution >= 0.6 is 11.8 Å². The number of benzene rings is 1. The molecule has 1 aliphatic rings. The summed E-state index contributed by atoms with van der Waals surface area (Å²) in [5, 5.41) is 8.99. The van der Waals surface area contributed by atoms with Crippen LogP contribution in [0, 0.1) is 0 Å². The van der Waals surface area contributed by atoms with E-state index in [1.165, 1.54) is 24.6 Å².